The van der Waals surface area contributed by atoms with Gasteiger partial charge >= 0.3 is 6.09 Å². The predicted molar refractivity (Wildman–Crippen MR) is 197 cm³/mol. The molecule has 1 aliphatic carbocycles. The number of nitrogens with two attached hydrogens (primary N) is 1. The molecule has 0 spiro atoms. The highest BCUT2D eigenvalue weighted by molar-refractivity contribution is 7.86. The minimum Gasteiger partial charge on any atom is -0.506 e. The first kappa shape index (κ1) is 35.9. The molecule has 1 aromatic heterocycles. The summed E-state index contributed by atoms with van der Waals surface area (Å²) in [5.41, 5.74) is 7.86. The van der Waals surface area contributed by atoms with Crippen LogP contribution in [0.15, 0.2) is 75.8 Å². The van der Waals surface area contributed by atoms with Gasteiger partial charge in [0.05, 0.1) is 21.2 Å². The zero-order valence-electron chi connectivity index (χ0n) is 28.5. The Kier molecular flexibility index (Phi) is 9.30. The molecule has 0 saturated carbocycles. The third kappa shape index (κ3) is 6.10. The first-order valence-corrected chi connectivity index (χ1v) is 19.6. The highest BCUT2D eigenvalue weighted by Gasteiger charge is 2.67. The fourth-order valence-electron chi connectivity index (χ4n) is 7.51. The Morgan fingerprint density at radius 1 is 1.13 bits per heavy atom. The number of alkyl carbamates (subject to hydrolysis) is 1. The van der Waals surface area contributed by atoms with Crippen molar-refractivity contribution in [3.63, 3.8) is 0 Å². The van der Waals surface area contributed by atoms with Crippen molar-refractivity contribution in [1.82, 2.24) is 20.9 Å². The minimum absolute atomic E-state index is 0.000719. The van der Waals surface area contributed by atoms with E-state index in [2.05, 4.69) is 20.9 Å². The van der Waals surface area contributed by atoms with Crippen molar-refractivity contribution in [1.29, 1.82) is 0 Å². The Bertz CT molecular complexity index is 2200. The third-order valence-electron chi connectivity index (χ3n) is 10.6. The summed E-state index contributed by atoms with van der Waals surface area (Å²) in [5, 5.41) is 21.5. The fraction of sp³-hybridized carbons (Fsp3) is 0.351. The molecule has 0 saturated heterocycles. The fourth-order valence-corrected chi connectivity index (χ4v) is 11.1. The average molecular weight is 767 g/mol. The van der Waals surface area contributed by atoms with Crippen LogP contribution in [-0.4, -0.2) is 51.6 Å². The van der Waals surface area contributed by atoms with Gasteiger partial charge in [-0.15, -0.1) is 0 Å². The molecule has 52 heavy (non-hydrogen) atoms. The van der Waals surface area contributed by atoms with Crippen LogP contribution in [0.1, 0.15) is 56.4 Å². The number of hydrogen-bond acceptors (Lipinski definition) is 7. The monoisotopic (exact) mass is 765 g/mol. The number of benzene rings is 2. The standard InChI is InChI=1S/C37H38Cl2N5O7P/c1-3-18(2)28(33(40)46)43-35(48)37(12-11-25-23(16-37)22-14-21(38)15-24(39)29(22)42-25)44-34(47)26(51-36(49)41-17-19-7-5-4-6-8-19)10-9-20-13-27-30(45)32-31(20)52(27,32)50/h4-8,13-15,18,26,28,42,45H,3,9-12,16-17H2,1-2H3,(H2,40,46)(H,41,49)(H,43,48)(H,44,47). The predicted octanol–water partition coefficient (Wildman–Crippen LogP) is 6.22. The first-order valence-electron chi connectivity index (χ1n) is 17.2. The molecule has 5 atom stereocenters. The molecule has 4 heterocycles. The van der Waals surface area contributed by atoms with Crippen LogP contribution < -0.4 is 21.7 Å². The molecule has 3 aromatic rings. The molecule has 0 bridgehead atoms. The van der Waals surface area contributed by atoms with E-state index in [1.165, 1.54) is 0 Å². The number of carbonyl (C=O) groups excluding carboxylic acids is 4. The summed E-state index contributed by atoms with van der Waals surface area (Å²) in [6.45, 7) is 3.82. The summed E-state index contributed by atoms with van der Waals surface area (Å²) < 4.78 is 18.8. The molecule has 12 nitrogen and oxygen atoms in total. The Labute approximate surface area is 309 Å². The Morgan fingerprint density at radius 3 is 2.54 bits per heavy atom. The van der Waals surface area contributed by atoms with Crippen molar-refractivity contribution < 1.29 is 33.6 Å². The number of aryl methyl sites for hydroxylation is 1. The molecule has 3 aliphatic heterocycles. The lowest BCUT2D eigenvalue weighted by molar-refractivity contribution is -0.140. The average Bonchev–Trinajstić information content (AvgIpc) is 3.34. The number of primary amides is 1. The van der Waals surface area contributed by atoms with Crippen LogP contribution in [0.2, 0.25) is 10.0 Å². The maximum absolute atomic E-state index is 14.4. The van der Waals surface area contributed by atoms with Crippen molar-refractivity contribution in [3.8, 4) is 0 Å². The molecule has 7 rings (SSSR count). The van der Waals surface area contributed by atoms with Gasteiger partial charge in [0.2, 0.25) is 11.8 Å². The lowest BCUT2D eigenvalue weighted by atomic mass is 9.78. The van der Waals surface area contributed by atoms with Gasteiger partial charge in [-0.1, -0.05) is 73.8 Å². The lowest BCUT2D eigenvalue weighted by Gasteiger charge is -2.39. The maximum Gasteiger partial charge on any atom is 0.408 e. The Hall–Kier alpha value is -4.51. The van der Waals surface area contributed by atoms with Crippen molar-refractivity contribution in [2.24, 2.45) is 11.7 Å². The molecule has 0 fully saturated rings. The first-order chi connectivity index (χ1) is 24.8. The molecule has 4 aliphatic rings. The van der Waals surface area contributed by atoms with Gasteiger partial charge in [-0.05, 0) is 66.5 Å². The molecular formula is C37H38Cl2N5O7P. The Morgan fingerprint density at radius 2 is 1.88 bits per heavy atom. The van der Waals surface area contributed by atoms with E-state index >= 15 is 0 Å². The molecule has 272 valence electrons. The normalized spacial score (nSPS) is 22.7. The number of rotatable bonds is 13. The van der Waals surface area contributed by atoms with Gasteiger partial charge in [0, 0.05) is 34.4 Å². The Balaban J connectivity index is 1.18. The van der Waals surface area contributed by atoms with Crippen LogP contribution in [0.5, 0.6) is 0 Å². The van der Waals surface area contributed by atoms with E-state index < -0.39 is 48.6 Å². The van der Waals surface area contributed by atoms with Crippen LogP contribution in [0.25, 0.3) is 10.9 Å². The SMILES string of the molecule is CCC(C)C(NC(=O)C1(NC(=O)C(CCC2=CC3=C(O)C4=C2P34=O)OC(=O)NCc2ccccc2)CCc2[nH]c3c(Cl)cc(Cl)cc3c2C1)C(N)=O. The van der Waals surface area contributed by atoms with Gasteiger partial charge < -0.3 is 41.1 Å². The number of aromatic amines is 1. The zero-order chi connectivity index (χ0) is 37.1. The number of aliphatic hydroxyl groups is 1. The van der Waals surface area contributed by atoms with Crippen molar-refractivity contribution in [3.05, 3.63) is 103 Å². The molecule has 0 radical (unpaired) electrons. The van der Waals surface area contributed by atoms with Crippen molar-refractivity contribution >= 4 is 65.1 Å². The van der Waals surface area contributed by atoms with Crippen LogP contribution in [0.4, 0.5) is 4.79 Å². The number of amides is 4. The van der Waals surface area contributed by atoms with E-state index in [0.717, 1.165) is 22.4 Å². The second-order valence-electron chi connectivity index (χ2n) is 13.9. The molecule has 2 aromatic carbocycles. The van der Waals surface area contributed by atoms with Crippen LogP contribution in [0.3, 0.4) is 0 Å². The van der Waals surface area contributed by atoms with Gasteiger partial charge in [0.15, 0.2) is 13.2 Å². The van der Waals surface area contributed by atoms with Crippen molar-refractivity contribution in [2.45, 2.75) is 76.6 Å². The number of fused-ring (bicyclic) bond motifs is 3. The van der Waals surface area contributed by atoms with Crippen LogP contribution in [-0.2, 0) is 43.1 Å². The topological polar surface area (TPSA) is 193 Å². The summed E-state index contributed by atoms with van der Waals surface area (Å²) in [4.78, 5) is 57.8. The number of ether oxygens (including phenoxy) is 1. The van der Waals surface area contributed by atoms with Gasteiger partial charge in [0.1, 0.15) is 17.3 Å². The van der Waals surface area contributed by atoms with Crippen LogP contribution >= 0.6 is 30.3 Å². The van der Waals surface area contributed by atoms with E-state index in [4.69, 9.17) is 33.7 Å². The number of hydrogen-bond donors (Lipinski definition) is 6. The van der Waals surface area contributed by atoms with Gasteiger partial charge in [0.25, 0.3) is 5.91 Å². The molecule has 5 unspecified atom stereocenters. The summed E-state index contributed by atoms with van der Waals surface area (Å²) in [7, 11) is -2.74. The van der Waals surface area contributed by atoms with E-state index in [-0.39, 0.29) is 43.9 Å². The third-order valence-corrected chi connectivity index (χ3v) is 14.1. The number of nitrogens with one attached hydrogen (secondary N) is 4. The number of aliphatic hydroxyl groups excluding tert-OH is 1. The highest BCUT2D eigenvalue weighted by atomic mass is 35.5. The zero-order valence-corrected chi connectivity index (χ0v) is 30.9. The van der Waals surface area contributed by atoms with Gasteiger partial charge in [-0.3, -0.25) is 14.4 Å². The van der Waals surface area contributed by atoms with Gasteiger partial charge in [-0.25, -0.2) is 4.79 Å². The van der Waals surface area contributed by atoms with E-state index in [0.29, 0.717) is 49.7 Å². The quantitative estimate of drug-likeness (QED) is 0.111. The van der Waals surface area contributed by atoms with Crippen LogP contribution in [0, 0.1) is 5.92 Å². The summed E-state index contributed by atoms with van der Waals surface area (Å²) in [5.74, 6) is -2.29. The smallest absolute Gasteiger partial charge is 0.408 e. The van der Waals surface area contributed by atoms with E-state index in [9.17, 15) is 28.8 Å². The summed E-state index contributed by atoms with van der Waals surface area (Å²) >= 11 is 12.9. The summed E-state index contributed by atoms with van der Waals surface area (Å²) in [6, 6.07) is 11.5. The molecule has 4 amide bonds. The molecular weight excluding hydrogens is 728 g/mol. The number of allylic oxidation sites excluding steroid dienone is 5. The number of H-pyrrole nitrogens is 1. The van der Waals surface area contributed by atoms with Gasteiger partial charge in [-0.2, -0.15) is 0 Å². The summed E-state index contributed by atoms with van der Waals surface area (Å²) in [6.07, 6.45) is 0.704. The molecule has 15 heteroatoms. The molecule has 7 N–H and O–H groups in total. The van der Waals surface area contributed by atoms with E-state index in [1.54, 1.807) is 25.1 Å². The number of halogens is 2. The van der Waals surface area contributed by atoms with Crippen molar-refractivity contribution in [2.75, 3.05) is 0 Å². The maximum atomic E-state index is 14.4. The number of carbonyl (C=O) groups is 4. The minimum atomic E-state index is -2.74. The second kappa shape index (κ2) is 13.5. The van der Waals surface area contributed by atoms with E-state index in [1.807, 2.05) is 37.3 Å². The number of aromatic nitrogens is 1. The largest absolute Gasteiger partial charge is 0.506 e. The lowest BCUT2D eigenvalue weighted by Crippen LogP contribution is -2.65. The highest BCUT2D eigenvalue weighted by Crippen LogP contribution is 2.95. The second-order valence-corrected chi connectivity index (χ2v) is 17.3.